The first-order chi connectivity index (χ1) is 11.1. The molecule has 2 amide bonds. The van der Waals surface area contributed by atoms with Crippen LogP contribution >= 0.6 is 0 Å². The SMILES string of the molecule is C[C@@H]1CN(C(=O)NC2CCN(c3ncccn3)CC2)C[C@H](C)O1. The van der Waals surface area contributed by atoms with Crippen LogP contribution in [0.5, 0.6) is 0 Å². The molecular formula is C16H25N5O2. The molecule has 0 saturated carbocycles. The van der Waals surface area contributed by atoms with Gasteiger partial charge in [0.2, 0.25) is 5.95 Å². The molecule has 2 saturated heterocycles. The van der Waals surface area contributed by atoms with E-state index in [1.54, 1.807) is 12.4 Å². The Kier molecular flexibility index (Phi) is 4.95. The van der Waals surface area contributed by atoms with Crippen LogP contribution in [0.3, 0.4) is 0 Å². The van der Waals surface area contributed by atoms with Crippen LogP contribution in [0, 0.1) is 0 Å². The monoisotopic (exact) mass is 319 g/mol. The Balaban J connectivity index is 1.48. The molecule has 1 aromatic rings. The molecular weight excluding hydrogens is 294 g/mol. The van der Waals surface area contributed by atoms with Crippen molar-refractivity contribution in [1.82, 2.24) is 20.2 Å². The molecule has 3 heterocycles. The Morgan fingerprint density at radius 2 is 1.78 bits per heavy atom. The summed E-state index contributed by atoms with van der Waals surface area (Å²) in [6.07, 6.45) is 5.55. The lowest BCUT2D eigenvalue weighted by Crippen LogP contribution is -2.55. The number of urea groups is 1. The molecule has 0 aromatic carbocycles. The number of amides is 2. The summed E-state index contributed by atoms with van der Waals surface area (Å²) in [6, 6.07) is 2.07. The number of piperidine rings is 1. The second-order valence-electron chi connectivity index (χ2n) is 6.42. The highest BCUT2D eigenvalue weighted by molar-refractivity contribution is 5.74. The predicted octanol–water partition coefficient (Wildman–Crippen LogP) is 1.26. The van der Waals surface area contributed by atoms with Gasteiger partial charge in [0.25, 0.3) is 0 Å². The number of aromatic nitrogens is 2. The van der Waals surface area contributed by atoms with Crippen molar-refractivity contribution in [3.05, 3.63) is 18.5 Å². The Bertz CT molecular complexity index is 508. The number of anilines is 1. The van der Waals surface area contributed by atoms with Crippen LogP contribution in [0.4, 0.5) is 10.7 Å². The topological polar surface area (TPSA) is 70.6 Å². The number of carbonyl (C=O) groups excluding carboxylic acids is 1. The molecule has 3 rings (SSSR count). The van der Waals surface area contributed by atoms with Gasteiger partial charge in [-0.2, -0.15) is 0 Å². The van der Waals surface area contributed by atoms with Crippen LogP contribution in [-0.2, 0) is 4.74 Å². The van der Waals surface area contributed by atoms with Gasteiger partial charge in [0.1, 0.15) is 0 Å². The van der Waals surface area contributed by atoms with E-state index in [0.29, 0.717) is 13.1 Å². The van der Waals surface area contributed by atoms with E-state index in [1.165, 1.54) is 0 Å². The second-order valence-corrected chi connectivity index (χ2v) is 6.42. The lowest BCUT2D eigenvalue weighted by molar-refractivity contribution is -0.0548. The summed E-state index contributed by atoms with van der Waals surface area (Å²) < 4.78 is 5.68. The molecule has 0 radical (unpaired) electrons. The van der Waals surface area contributed by atoms with Gasteiger partial charge < -0.3 is 19.9 Å². The second kappa shape index (κ2) is 7.12. The third-order valence-electron chi connectivity index (χ3n) is 4.36. The van der Waals surface area contributed by atoms with Gasteiger partial charge in [0.05, 0.1) is 12.2 Å². The van der Waals surface area contributed by atoms with Crippen LogP contribution in [-0.4, -0.2) is 65.3 Å². The molecule has 126 valence electrons. The van der Waals surface area contributed by atoms with E-state index in [2.05, 4.69) is 20.2 Å². The molecule has 0 unspecified atom stereocenters. The van der Waals surface area contributed by atoms with Gasteiger partial charge in [-0.15, -0.1) is 0 Å². The Labute approximate surface area is 137 Å². The average molecular weight is 319 g/mol. The molecule has 23 heavy (non-hydrogen) atoms. The third-order valence-corrected chi connectivity index (χ3v) is 4.36. The van der Waals surface area contributed by atoms with Crippen molar-refractivity contribution in [2.24, 2.45) is 0 Å². The fourth-order valence-corrected chi connectivity index (χ4v) is 3.29. The molecule has 7 heteroatoms. The van der Waals surface area contributed by atoms with Gasteiger partial charge in [-0.1, -0.05) is 0 Å². The van der Waals surface area contributed by atoms with Crippen molar-refractivity contribution in [3.8, 4) is 0 Å². The molecule has 0 bridgehead atoms. The summed E-state index contributed by atoms with van der Waals surface area (Å²) in [6.45, 7) is 7.07. The molecule has 7 nitrogen and oxygen atoms in total. The largest absolute Gasteiger partial charge is 0.372 e. The Morgan fingerprint density at radius 1 is 1.17 bits per heavy atom. The number of morpholine rings is 1. The standard InChI is InChI=1S/C16H25N5O2/c1-12-10-21(11-13(2)23-12)16(22)19-14-4-8-20(9-5-14)15-17-6-3-7-18-15/h3,6-7,12-14H,4-5,8-11H2,1-2H3,(H,19,22)/t12-,13+. The molecule has 2 aliphatic heterocycles. The van der Waals surface area contributed by atoms with Gasteiger partial charge in [-0.3, -0.25) is 0 Å². The summed E-state index contributed by atoms with van der Waals surface area (Å²) in [4.78, 5) is 25.0. The minimum atomic E-state index is 0.0291. The molecule has 2 fully saturated rings. The normalized spacial score (nSPS) is 26.2. The first kappa shape index (κ1) is 16.0. The van der Waals surface area contributed by atoms with Gasteiger partial charge in [-0.05, 0) is 32.8 Å². The number of rotatable bonds is 2. The number of hydrogen-bond acceptors (Lipinski definition) is 5. The minimum Gasteiger partial charge on any atom is -0.372 e. The summed E-state index contributed by atoms with van der Waals surface area (Å²) in [5.41, 5.74) is 0. The van der Waals surface area contributed by atoms with Crippen LogP contribution in [0.1, 0.15) is 26.7 Å². The predicted molar refractivity (Wildman–Crippen MR) is 87.4 cm³/mol. The number of ether oxygens (including phenoxy) is 1. The number of hydrogen-bond donors (Lipinski definition) is 1. The number of nitrogens with zero attached hydrogens (tertiary/aromatic N) is 4. The van der Waals surface area contributed by atoms with E-state index >= 15 is 0 Å². The lowest BCUT2D eigenvalue weighted by atomic mass is 10.1. The van der Waals surface area contributed by atoms with Crippen LogP contribution < -0.4 is 10.2 Å². The van der Waals surface area contributed by atoms with Crippen molar-refractivity contribution in [3.63, 3.8) is 0 Å². The van der Waals surface area contributed by atoms with E-state index in [-0.39, 0.29) is 24.3 Å². The van der Waals surface area contributed by atoms with Gasteiger partial charge in [0.15, 0.2) is 0 Å². The summed E-state index contributed by atoms with van der Waals surface area (Å²) in [7, 11) is 0. The van der Waals surface area contributed by atoms with Crippen LogP contribution in [0.2, 0.25) is 0 Å². The average Bonchev–Trinajstić information content (AvgIpc) is 2.55. The Hall–Kier alpha value is -1.89. The summed E-state index contributed by atoms with van der Waals surface area (Å²) in [5, 5.41) is 3.17. The smallest absolute Gasteiger partial charge is 0.317 e. The van der Waals surface area contributed by atoms with Crippen molar-refractivity contribution in [2.75, 3.05) is 31.1 Å². The van der Waals surface area contributed by atoms with Gasteiger partial charge in [0, 0.05) is 44.6 Å². The van der Waals surface area contributed by atoms with E-state index in [1.807, 2.05) is 24.8 Å². The van der Waals surface area contributed by atoms with Crippen molar-refractivity contribution >= 4 is 12.0 Å². The minimum absolute atomic E-state index is 0.0291. The highest BCUT2D eigenvalue weighted by atomic mass is 16.5. The van der Waals surface area contributed by atoms with E-state index in [0.717, 1.165) is 31.9 Å². The molecule has 0 spiro atoms. The number of nitrogens with one attached hydrogen (secondary N) is 1. The van der Waals surface area contributed by atoms with E-state index in [9.17, 15) is 4.79 Å². The quantitative estimate of drug-likeness (QED) is 0.889. The molecule has 2 aliphatic rings. The number of carbonyl (C=O) groups is 1. The molecule has 1 aromatic heterocycles. The highest BCUT2D eigenvalue weighted by Gasteiger charge is 2.28. The van der Waals surface area contributed by atoms with E-state index in [4.69, 9.17) is 4.74 Å². The maximum Gasteiger partial charge on any atom is 0.317 e. The highest BCUT2D eigenvalue weighted by Crippen LogP contribution is 2.16. The van der Waals surface area contributed by atoms with Crippen molar-refractivity contribution < 1.29 is 9.53 Å². The van der Waals surface area contributed by atoms with Crippen molar-refractivity contribution in [2.45, 2.75) is 44.9 Å². The van der Waals surface area contributed by atoms with Crippen LogP contribution in [0.15, 0.2) is 18.5 Å². The fraction of sp³-hybridized carbons (Fsp3) is 0.688. The molecule has 0 aliphatic carbocycles. The molecule has 1 N–H and O–H groups in total. The lowest BCUT2D eigenvalue weighted by Gasteiger charge is -2.37. The first-order valence-corrected chi connectivity index (χ1v) is 8.34. The van der Waals surface area contributed by atoms with Gasteiger partial charge in [-0.25, -0.2) is 14.8 Å². The van der Waals surface area contributed by atoms with Gasteiger partial charge >= 0.3 is 6.03 Å². The summed E-state index contributed by atoms with van der Waals surface area (Å²) in [5.74, 6) is 0.771. The summed E-state index contributed by atoms with van der Waals surface area (Å²) >= 11 is 0. The van der Waals surface area contributed by atoms with E-state index < -0.39 is 0 Å². The zero-order valence-electron chi connectivity index (χ0n) is 13.8. The first-order valence-electron chi connectivity index (χ1n) is 8.34. The Morgan fingerprint density at radius 3 is 2.39 bits per heavy atom. The zero-order valence-corrected chi connectivity index (χ0v) is 13.8. The van der Waals surface area contributed by atoms with Crippen molar-refractivity contribution in [1.29, 1.82) is 0 Å². The maximum atomic E-state index is 12.4. The fourth-order valence-electron chi connectivity index (χ4n) is 3.29. The molecule has 2 atom stereocenters. The van der Waals surface area contributed by atoms with Crippen LogP contribution in [0.25, 0.3) is 0 Å². The third kappa shape index (κ3) is 4.10. The maximum absolute atomic E-state index is 12.4. The zero-order chi connectivity index (χ0) is 16.2.